The molecule has 3 heterocycles. The molecule has 0 bridgehead atoms. The minimum Gasteiger partial charge on any atom is -0.378 e. The van der Waals surface area contributed by atoms with E-state index in [9.17, 15) is 4.79 Å². The monoisotopic (exact) mass is 407 g/mol. The summed E-state index contributed by atoms with van der Waals surface area (Å²) in [5, 5.41) is 3.99. The van der Waals surface area contributed by atoms with Gasteiger partial charge in [-0.15, -0.1) is 0 Å². The predicted octanol–water partition coefficient (Wildman–Crippen LogP) is 2.56. The number of aryl methyl sites for hydroxylation is 1. The number of para-hydroxylation sites is 1. The molecule has 0 radical (unpaired) electrons. The molecule has 0 aliphatic carbocycles. The Hall–Kier alpha value is -3.26. The number of aromatic nitrogens is 3. The number of nitrogens with zero attached hydrogens (tertiary/aromatic N) is 5. The first kappa shape index (κ1) is 20.0. The zero-order valence-electron chi connectivity index (χ0n) is 17.0. The van der Waals surface area contributed by atoms with E-state index in [1.54, 1.807) is 17.3 Å². The summed E-state index contributed by atoms with van der Waals surface area (Å²) < 4.78 is 10.8. The lowest BCUT2D eigenvalue weighted by atomic mass is 10.1. The van der Waals surface area contributed by atoms with Crippen LogP contribution in [0.2, 0.25) is 0 Å². The van der Waals surface area contributed by atoms with Crippen molar-refractivity contribution in [2.24, 2.45) is 0 Å². The number of carbonyl (C=O) groups is 1. The minimum absolute atomic E-state index is 0.0374. The third kappa shape index (κ3) is 4.83. The van der Waals surface area contributed by atoms with Crippen LogP contribution in [0.5, 0.6) is 0 Å². The van der Waals surface area contributed by atoms with Crippen LogP contribution in [0.3, 0.4) is 0 Å². The summed E-state index contributed by atoms with van der Waals surface area (Å²) >= 11 is 0. The molecule has 8 nitrogen and oxygen atoms in total. The van der Waals surface area contributed by atoms with Gasteiger partial charge in [-0.3, -0.25) is 9.78 Å². The first-order valence-corrected chi connectivity index (χ1v) is 10.1. The van der Waals surface area contributed by atoms with E-state index in [0.29, 0.717) is 31.1 Å². The maximum Gasteiger partial charge on any atom is 0.227 e. The average Bonchev–Trinajstić information content (AvgIpc) is 3.28. The molecule has 1 saturated heterocycles. The van der Waals surface area contributed by atoms with Crippen molar-refractivity contribution in [2.75, 3.05) is 38.3 Å². The first-order chi connectivity index (χ1) is 14.7. The van der Waals surface area contributed by atoms with Crippen molar-refractivity contribution in [1.82, 2.24) is 20.0 Å². The molecular formula is C22H25N5O3. The Kier molecular flexibility index (Phi) is 6.34. The van der Waals surface area contributed by atoms with Gasteiger partial charge in [0.25, 0.3) is 0 Å². The number of benzene rings is 1. The second kappa shape index (κ2) is 9.49. The summed E-state index contributed by atoms with van der Waals surface area (Å²) in [6.45, 7) is 3.75. The number of amides is 1. The summed E-state index contributed by atoms with van der Waals surface area (Å²) in [5.74, 6) is 1.00. The summed E-state index contributed by atoms with van der Waals surface area (Å²) in [6, 6.07) is 11.9. The largest absolute Gasteiger partial charge is 0.378 e. The maximum absolute atomic E-state index is 12.7. The van der Waals surface area contributed by atoms with Gasteiger partial charge < -0.3 is 19.1 Å². The molecule has 0 unspecified atom stereocenters. The van der Waals surface area contributed by atoms with Gasteiger partial charge in [0.15, 0.2) is 0 Å². The number of anilines is 1. The molecule has 0 spiro atoms. The van der Waals surface area contributed by atoms with Crippen molar-refractivity contribution >= 4 is 11.6 Å². The van der Waals surface area contributed by atoms with Crippen LogP contribution in [0.1, 0.15) is 17.9 Å². The van der Waals surface area contributed by atoms with Gasteiger partial charge in [0.2, 0.25) is 17.6 Å². The van der Waals surface area contributed by atoms with Gasteiger partial charge in [0.05, 0.1) is 13.2 Å². The molecule has 30 heavy (non-hydrogen) atoms. The molecule has 1 fully saturated rings. The fraction of sp³-hybridized carbons (Fsp3) is 0.364. The number of morpholine rings is 1. The third-order valence-corrected chi connectivity index (χ3v) is 5.14. The topological polar surface area (TPSA) is 84.6 Å². The van der Waals surface area contributed by atoms with E-state index in [-0.39, 0.29) is 5.91 Å². The predicted molar refractivity (Wildman–Crippen MR) is 112 cm³/mol. The van der Waals surface area contributed by atoms with E-state index in [1.807, 2.05) is 31.3 Å². The molecule has 2 aromatic heterocycles. The normalized spacial score (nSPS) is 14.0. The Morgan fingerprint density at radius 2 is 1.90 bits per heavy atom. The lowest BCUT2D eigenvalue weighted by Crippen LogP contribution is -2.37. The highest BCUT2D eigenvalue weighted by atomic mass is 16.5. The molecule has 0 saturated carbocycles. The summed E-state index contributed by atoms with van der Waals surface area (Å²) in [6.07, 6.45) is 4.08. The molecule has 156 valence electrons. The van der Waals surface area contributed by atoms with E-state index in [1.165, 1.54) is 5.69 Å². The summed E-state index contributed by atoms with van der Waals surface area (Å²) in [5.41, 5.74) is 3.13. The van der Waals surface area contributed by atoms with E-state index in [0.717, 1.165) is 37.4 Å². The molecule has 8 heteroatoms. The van der Waals surface area contributed by atoms with Gasteiger partial charge in [0, 0.05) is 63.2 Å². The van der Waals surface area contributed by atoms with Crippen LogP contribution >= 0.6 is 0 Å². The quantitative estimate of drug-likeness (QED) is 0.595. The zero-order chi connectivity index (χ0) is 20.8. The second-order valence-electron chi connectivity index (χ2n) is 7.23. The van der Waals surface area contributed by atoms with Crippen molar-refractivity contribution < 1.29 is 14.1 Å². The van der Waals surface area contributed by atoms with Crippen molar-refractivity contribution in [3.8, 4) is 11.4 Å². The minimum atomic E-state index is 0.0374. The number of pyridine rings is 1. The highest BCUT2D eigenvalue weighted by molar-refractivity contribution is 5.76. The Bertz CT molecular complexity index is 970. The van der Waals surface area contributed by atoms with Gasteiger partial charge in [-0.05, 0) is 23.8 Å². The Balaban J connectivity index is 1.34. The molecule has 0 N–H and O–H groups in total. The first-order valence-electron chi connectivity index (χ1n) is 10.1. The fourth-order valence-electron chi connectivity index (χ4n) is 3.48. The van der Waals surface area contributed by atoms with Crippen molar-refractivity contribution in [3.63, 3.8) is 0 Å². The lowest BCUT2D eigenvalue weighted by molar-refractivity contribution is -0.130. The van der Waals surface area contributed by atoms with Gasteiger partial charge in [0.1, 0.15) is 0 Å². The Labute approximate surface area is 175 Å². The molecular weight excluding hydrogens is 382 g/mol. The highest BCUT2D eigenvalue weighted by Gasteiger charge is 2.18. The van der Waals surface area contributed by atoms with Crippen molar-refractivity contribution in [3.05, 3.63) is 60.2 Å². The van der Waals surface area contributed by atoms with E-state index >= 15 is 0 Å². The molecule has 3 aromatic rings. The SMILES string of the molecule is CN(Cc1ccccc1N1CCOCC1)C(=O)CCc1nc(-c2ccncc2)no1. The van der Waals surface area contributed by atoms with Gasteiger partial charge in [-0.2, -0.15) is 4.98 Å². The van der Waals surface area contributed by atoms with Crippen LogP contribution < -0.4 is 4.90 Å². The van der Waals surface area contributed by atoms with Crippen molar-refractivity contribution in [1.29, 1.82) is 0 Å². The van der Waals surface area contributed by atoms with Crippen molar-refractivity contribution in [2.45, 2.75) is 19.4 Å². The molecule has 0 atom stereocenters. The van der Waals surface area contributed by atoms with Crippen LogP contribution in [0.25, 0.3) is 11.4 Å². The van der Waals surface area contributed by atoms with E-state index in [4.69, 9.17) is 9.26 Å². The van der Waals surface area contributed by atoms with Gasteiger partial charge >= 0.3 is 0 Å². The molecule has 1 aromatic carbocycles. The highest BCUT2D eigenvalue weighted by Crippen LogP contribution is 2.23. The molecule has 1 aliphatic rings. The van der Waals surface area contributed by atoms with Crippen LogP contribution in [-0.2, 0) is 22.5 Å². The second-order valence-corrected chi connectivity index (χ2v) is 7.23. The average molecular weight is 407 g/mol. The van der Waals surface area contributed by atoms with Crippen LogP contribution in [-0.4, -0.2) is 59.3 Å². The van der Waals surface area contributed by atoms with Crippen LogP contribution in [0.15, 0.2) is 53.3 Å². The third-order valence-electron chi connectivity index (χ3n) is 5.14. The zero-order valence-corrected chi connectivity index (χ0v) is 17.0. The van der Waals surface area contributed by atoms with Gasteiger partial charge in [-0.25, -0.2) is 0 Å². The Morgan fingerprint density at radius 1 is 1.13 bits per heavy atom. The van der Waals surface area contributed by atoms with E-state index in [2.05, 4.69) is 32.2 Å². The number of hydrogen-bond acceptors (Lipinski definition) is 7. The summed E-state index contributed by atoms with van der Waals surface area (Å²) in [7, 11) is 1.83. The lowest BCUT2D eigenvalue weighted by Gasteiger charge is -2.31. The number of hydrogen-bond donors (Lipinski definition) is 0. The standard InChI is InChI=1S/C22H25N5O3/c1-26(16-18-4-2-3-5-19(18)27-12-14-29-15-13-27)21(28)7-6-20-24-22(25-30-20)17-8-10-23-11-9-17/h2-5,8-11H,6-7,12-16H2,1H3. The van der Waals surface area contributed by atoms with Gasteiger partial charge in [-0.1, -0.05) is 23.4 Å². The summed E-state index contributed by atoms with van der Waals surface area (Å²) in [4.78, 5) is 25.1. The molecule has 1 amide bonds. The molecule has 1 aliphatic heterocycles. The Morgan fingerprint density at radius 3 is 2.70 bits per heavy atom. The number of rotatable bonds is 7. The number of carbonyl (C=O) groups excluding carboxylic acids is 1. The number of ether oxygens (including phenoxy) is 1. The fourth-order valence-corrected chi connectivity index (χ4v) is 3.48. The van der Waals surface area contributed by atoms with E-state index < -0.39 is 0 Å². The van der Waals surface area contributed by atoms with Crippen LogP contribution in [0, 0.1) is 0 Å². The molecule has 4 rings (SSSR count). The maximum atomic E-state index is 12.7. The van der Waals surface area contributed by atoms with Crippen LogP contribution in [0.4, 0.5) is 5.69 Å². The smallest absolute Gasteiger partial charge is 0.227 e.